The Bertz CT molecular complexity index is 1140. The van der Waals surface area contributed by atoms with E-state index in [2.05, 4.69) is 4.98 Å². The van der Waals surface area contributed by atoms with Crippen LogP contribution in [0.3, 0.4) is 0 Å². The van der Waals surface area contributed by atoms with E-state index in [1.54, 1.807) is 60.1 Å². The number of benzene rings is 2. The molecule has 1 saturated heterocycles. The van der Waals surface area contributed by atoms with Crippen molar-refractivity contribution >= 4 is 45.5 Å². The Labute approximate surface area is 188 Å². The van der Waals surface area contributed by atoms with Gasteiger partial charge in [-0.05, 0) is 55.8 Å². The Balaban J connectivity index is 1.84. The van der Waals surface area contributed by atoms with Gasteiger partial charge >= 0.3 is 5.91 Å². The number of carbonyl (C=O) groups is 2. The minimum absolute atomic E-state index is 0.0000467. The van der Waals surface area contributed by atoms with Gasteiger partial charge in [-0.3, -0.25) is 14.5 Å². The van der Waals surface area contributed by atoms with Crippen LogP contribution < -0.4 is 9.64 Å². The number of aliphatic hydroxyl groups is 1. The number of hydrogen-bond acceptors (Lipinski definition) is 6. The van der Waals surface area contributed by atoms with Crippen LogP contribution in [0.4, 0.5) is 5.13 Å². The van der Waals surface area contributed by atoms with Gasteiger partial charge < -0.3 is 9.84 Å². The maximum atomic E-state index is 13.0. The van der Waals surface area contributed by atoms with Gasteiger partial charge in [0.05, 0.1) is 17.7 Å². The zero-order valence-electron chi connectivity index (χ0n) is 16.8. The standard InChI is InChI=1S/C23H19ClN2O4S/c1-13(2)30-17-9-5-15(6-10-17)20(27)18-19(14-3-7-16(24)8-4-14)26(22(29)21(18)28)23-25-11-12-31-23/h3-13,19,27H,1-2H3/b20-18+/t19-/m1/s1. The number of ketones is 1. The highest BCUT2D eigenvalue weighted by atomic mass is 35.5. The first kappa shape index (κ1) is 21.1. The first-order chi connectivity index (χ1) is 14.9. The molecule has 31 heavy (non-hydrogen) atoms. The Morgan fingerprint density at radius 3 is 2.39 bits per heavy atom. The van der Waals surface area contributed by atoms with E-state index in [0.717, 1.165) is 0 Å². The normalized spacial score (nSPS) is 18.1. The van der Waals surface area contributed by atoms with E-state index in [4.69, 9.17) is 16.3 Å². The van der Waals surface area contributed by atoms with Crippen LogP contribution in [-0.4, -0.2) is 27.9 Å². The molecule has 0 bridgehead atoms. The fraction of sp³-hybridized carbons (Fsp3) is 0.174. The lowest BCUT2D eigenvalue weighted by Crippen LogP contribution is -2.29. The highest BCUT2D eigenvalue weighted by Crippen LogP contribution is 2.42. The second-order valence-corrected chi connectivity index (χ2v) is 8.54. The average molecular weight is 455 g/mol. The van der Waals surface area contributed by atoms with E-state index >= 15 is 0 Å². The summed E-state index contributed by atoms with van der Waals surface area (Å²) >= 11 is 7.27. The summed E-state index contributed by atoms with van der Waals surface area (Å²) in [5.74, 6) is -1.12. The molecule has 1 aliphatic rings. The molecule has 1 aliphatic heterocycles. The van der Waals surface area contributed by atoms with Crippen molar-refractivity contribution in [3.8, 4) is 5.75 Å². The zero-order chi connectivity index (χ0) is 22.1. The summed E-state index contributed by atoms with van der Waals surface area (Å²) in [4.78, 5) is 31.5. The molecule has 1 amide bonds. The van der Waals surface area contributed by atoms with Crippen LogP contribution in [-0.2, 0) is 9.59 Å². The van der Waals surface area contributed by atoms with Gasteiger partial charge in [0.25, 0.3) is 5.78 Å². The fourth-order valence-electron chi connectivity index (χ4n) is 3.44. The minimum Gasteiger partial charge on any atom is -0.507 e. The molecule has 2 heterocycles. The number of halogens is 1. The predicted molar refractivity (Wildman–Crippen MR) is 121 cm³/mol. The van der Waals surface area contributed by atoms with E-state index in [0.29, 0.717) is 27.0 Å². The van der Waals surface area contributed by atoms with Crippen LogP contribution in [0, 0.1) is 0 Å². The van der Waals surface area contributed by atoms with Crippen LogP contribution in [0.1, 0.15) is 31.0 Å². The second-order valence-electron chi connectivity index (χ2n) is 7.23. The van der Waals surface area contributed by atoms with Crippen molar-refractivity contribution in [1.82, 2.24) is 4.98 Å². The number of ether oxygens (including phenoxy) is 1. The summed E-state index contributed by atoms with van der Waals surface area (Å²) in [5.41, 5.74) is 1.05. The molecular formula is C23H19ClN2O4S. The third-order valence-corrected chi connectivity index (χ3v) is 5.78. The van der Waals surface area contributed by atoms with Gasteiger partial charge in [0.1, 0.15) is 11.5 Å². The maximum Gasteiger partial charge on any atom is 0.301 e. The summed E-state index contributed by atoms with van der Waals surface area (Å²) < 4.78 is 5.63. The van der Waals surface area contributed by atoms with E-state index in [1.165, 1.54) is 16.2 Å². The SMILES string of the molecule is CC(C)Oc1ccc(/C(O)=C2\C(=O)C(=O)N(c3nccs3)[C@@H]2c2ccc(Cl)cc2)cc1. The molecule has 4 rings (SSSR count). The zero-order valence-corrected chi connectivity index (χ0v) is 18.4. The van der Waals surface area contributed by atoms with Crippen LogP contribution in [0.25, 0.3) is 5.76 Å². The number of Topliss-reactive ketones (excluding diaryl/α,β-unsaturated/α-hetero) is 1. The van der Waals surface area contributed by atoms with E-state index in [1.807, 2.05) is 13.8 Å². The van der Waals surface area contributed by atoms with Crippen molar-refractivity contribution in [1.29, 1.82) is 0 Å². The Kier molecular flexibility index (Phi) is 5.80. The molecule has 2 aromatic carbocycles. The average Bonchev–Trinajstić information content (AvgIpc) is 3.35. The van der Waals surface area contributed by atoms with Gasteiger partial charge in [-0.1, -0.05) is 23.7 Å². The second kappa shape index (κ2) is 8.53. The maximum absolute atomic E-state index is 13.0. The van der Waals surface area contributed by atoms with E-state index in [-0.39, 0.29) is 17.4 Å². The highest BCUT2D eigenvalue weighted by molar-refractivity contribution is 7.14. The Morgan fingerprint density at radius 1 is 1.13 bits per heavy atom. The van der Waals surface area contributed by atoms with E-state index in [9.17, 15) is 14.7 Å². The lowest BCUT2D eigenvalue weighted by Gasteiger charge is -2.23. The molecule has 1 fully saturated rings. The Morgan fingerprint density at radius 2 is 1.81 bits per heavy atom. The van der Waals surface area contributed by atoms with Gasteiger partial charge in [0.15, 0.2) is 5.13 Å². The van der Waals surface area contributed by atoms with Crippen molar-refractivity contribution in [2.24, 2.45) is 0 Å². The van der Waals surface area contributed by atoms with Gasteiger partial charge in [-0.25, -0.2) is 4.98 Å². The molecule has 0 aliphatic carbocycles. The van der Waals surface area contributed by atoms with Crippen molar-refractivity contribution in [2.45, 2.75) is 26.0 Å². The third kappa shape index (κ3) is 4.06. The lowest BCUT2D eigenvalue weighted by atomic mass is 9.95. The number of aromatic nitrogens is 1. The number of carbonyl (C=O) groups excluding carboxylic acids is 2. The molecule has 1 aromatic heterocycles. The molecule has 0 unspecified atom stereocenters. The van der Waals surface area contributed by atoms with Crippen molar-refractivity contribution < 1.29 is 19.4 Å². The highest BCUT2D eigenvalue weighted by Gasteiger charge is 2.47. The summed E-state index contributed by atoms with van der Waals surface area (Å²) in [6, 6.07) is 12.7. The molecule has 0 saturated carbocycles. The minimum atomic E-state index is -0.824. The van der Waals surface area contributed by atoms with Crippen LogP contribution in [0.5, 0.6) is 5.75 Å². The van der Waals surface area contributed by atoms with Gasteiger partial charge in [-0.2, -0.15) is 0 Å². The number of thiazole rings is 1. The smallest absolute Gasteiger partial charge is 0.301 e. The largest absolute Gasteiger partial charge is 0.507 e. The number of aliphatic hydroxyl groups excluding tert-OH is 1. The third-order valence-electron chi connectivity index (χ3n) is 4.76. The van der Waals surface area contributed by atoms with Gasteiger partial charge in [0.2, 0.25) is 0 Å². The quantitative estimate of drug-likeness (QED) is 0.325. The van der Waals surface area contributed by atoms with Gasteiger partial charge in [0, 0.05) is 22.2 Å². The van der Waals surface area contributed by atoms with Crippen molar-refractivity contribution in [3.63, 3.8) is 0 Å². The number of nitrogens with zero attached hydrogens (tertiary/aromatic N) is 2. The predicted octanol–water partition coefficient (Wildman–Crippen LogP) is 5.21. The first-order valence-electron chi connectivity index (χ1n) is 9.60. The molecule has 0 radical (unpaired) electrons. The number of amides is 1. The molecular weight excluding hydrogens is 436 g/mol. The molecule has 6 nitrogen and oxygen atoms in total. The van der Waals surface area contributed by atoms with Crippen molar-refractivity contribution in [3.05, 3.63) is 81.8 Å². The molecule has 8 heteroatoms. The van der Waals surface area contributed by atoms with Crippen LogP contribution in [0.15, 0.2) is 65.7 Å². The summed E-state index contributed by atoms with van der Waals surface area (Å²) in [5, 5.41) is 13.7. The van der Waals surface area contributed by atoms with Crippen LogP contribution in [0.2, 0.25) is 5.02 Å². The fourth-order valence-corrected chi connectivity index (χ4v) is 4.24. The number of anilines is 1. The molecule has 3 aromatic rings. The first-order valence-corrected chi connectivity index (χ1v) is 10.9. The molecule has 1 atom stereocenters. The lowest BCUT2D eigenvalue weighted by molar-refractivity contribution is -0.132. The Hall–Kier alpha value is -3.16. The monoisotopic (exact) mass is 454 g/mol. The van der Waals surface area contributed by atoms with Gasteiger partial charge in [-0.15, -0.1) is 11.3 Å². The molecule has 1 N–H and O–H groups in total. The number of hydrogen-bond donors (Lipinski definition) is 1. The van der Waals surface area contributed by atoms with Crippen molar-refractivity contribution in [2.75, 3.05) is 4.90 Å². The molecule has 0 spiro atoms. The molecule has 158 valence electrons. The number of rotatable bonds is 5. The topological polar surface area (TPSA) is 79.7 Å². The van der Waals surface area contributed by atoms with Crippen LogP contribution >= 0.6 is 22.9 Å². The summed E-state index contributed by atoms with van der Waals surface area (Å²) in [7, 11) is 0. The summed E-state index contributed by atoms with van der Waals surface area (Å²) in [6.07, 6.45) is 1.57. The summed E-state index contributed by atoms with van der Waals surface area (Å²) in [6.45, 7) is 3.83. The van der Waals surface area contributed by atoms with E-state index < -0.39 is 17.7 Å².